The zero-order valence-corrected chi connectivity index (χ0v) is 14.4. The lowest BCUT2D eigenvalue weighted by Gasteiger charge is -2.11. The summed E-state index contributed by atoms with van der Waals surface area (Å²) in [5, 5.41) is 12.3. The highest BCUT2D eigenvalue weighted by molar-refractivity contribution is 5.92. The Labute approximate surface area is 150 Å². The molecule has 134 valence electrons. The molecule has 0 spiro atoms. The van der Waals surface area contributed by atoms with Crippen molar-refractivity contribution in [1.29, 1.82) is 0 Å². The second kappa shape index (κ2) is 6.74. The second-order valence-corrected chi connectivity index (χ2v) is 6.35. The zero-order valence-electron chi connectivity index (χ0n) is 14.4. The van der Waals surface area contributed by atoms with E-state index in [0.29, 0.717) is 31.0 Å². The van der Waals surface area contributed by atoms with Crippen LogP contribution in [0.1, 0.15) is 11.1 Å². The van der Waals surface area contributed by atoms with Gasteiger partial charge in [-0.3, -0.25) is 0 Å². The van der Waals surface area contributed by atoms with Gasteiger partial charge in [0, 0.05) is 34.2 Å². The molecule has 0 unspecified atom stereocenters. The van der Waals surface area contributed by atoms with Gasteiger partial charge in [0.05, 0.1) is 0 Å². The minimum Gasteiger partial charge on any atom is -0.504 e. The van der Waals surface area contributed by atoms with Crippen LogP contribution in [-0.2, 0) is 12.8 Å². The first-order chi connectivity index (χ1) is 12.7. The molecule has 26 heavy (non-hydrogen) atoms. The summed E-state index contributed by atoms with van der Waals surface area (Å²) in [6.07, 6.45) is 5.39. The molecule has 6 heteroatoms. The lowest BCUT2D eigenvalue weighted by atomic mass is 10.1. The average Bonchev–Trinajstić information content (AvgIpc) is 3.23. The summed E-state index contributed by atoms with van der Waals surface area (Å²) in [7, 11) is 0. The number of H-pyrrole nitrogens is 2. The van der Waals surface area contributed by atoms with Gasteiger partial charge in [0.2, 0.25) is 0 Å². The predicted molar refractivity (Wildman–Crippen MR) is 104 cm³/mol. The molecule has 0 saturated heterocycles. The summed E-state index contributed by atoms with van der Waals surface area (Å²) in [6, 6.07) is 9.31. The van der Waals surface area contributed by atoms with E-state index in [9.17, 15) is 5.11 Å². The molecule has 0 amide bonds. The molecular weight excluding hydrogens is 328 g/mol. The van der Waals surface area contributed by atoms with Crippen molar-refractivity contribution < 1.29 is 9.84 Å². The van der Waals surface area contributed by atoms with E-state index < -0.39 is 0 Å². The fraction of sp³-hybridized carbons (Fsp3) is 0.200. The fourth-order valence-corrected chi connectivity index (χ4v) is 3.40. The van der Waals surface area contributed by atoms with Gasteiger partial charge in [0.15, 0.2) is 11.5 Å². The molecule has 0 bridgehead atoms. The van der Waals surface area contributed by atoms with Crippen molar-refractivity contribution in [2.75, 3.05) is 13.1 Å². The van der Waals surface area contributed by atoms with Crippen LogP contribution in [0, 0.1) is 0 Å². The number of aromatic nitrogens is 2. The summed E-state index contributed by atoms with van der Waals surface area (Å²) < 4.78 is 6.12. The summed E-state index contributed by atoms with van der Waals surface area (Å²) in [5.41, 5.74) is 15.5. The fourth-order valence-electron chi connectivity index (χ4n) is 3.40. The number of ether oxygens (including phenoxy) is 1. The van der Waals surface area contributed by atoms with Crippen molar-refractivity contribution in [2.24, 2.45) is 11.5 Å². The van der Waals surface area contributed by atoms with Crippen LogP contribution < -0.4 is 16.2 Å². The molecule has 4 aromatic rings. The summed E-state index contributed by atoms with van der Waals surface area (Å²) >= 11 is 0. The maximum absolute atomic E-state index is 10.4. The first-order valence-electron chi connectivity index (χ1n) is 8.71. The van der Waals surface area contributed by atoms with E-state index in [1.807, 2.05) is 36.7 Å². The van der Waals surface area contributed by atoms with Gasteiger partial charge in [0.25, 0.3) is 0 Å². The third kappa shape index (κ3) is 2.79. The molecule has 0 aliphatic heterocycles. The van der Waals surface area contributed by atoms with Gasteiger partial charge in [-0.1, -0.05) is 0 Å². The Morgan fingerprint density at radius 2 is 1.58 bits per heavy atom. The molecule has 2 aromatic heterocycles. The van der Waals surface area contributed by atoms with Crippen LogP contribution in [-0.4, -0.2) is 28.2 Å². The second-order valence-electron chi connectivity index (χ2n) is 6.35. The number of benzene rings is 2. The molecule has 0 fully saturated rings. The van der Waals surface area contributed by atoms with Crippen LogP contribution in [0.15, 0.2) is 42.7 Å². The number of aromatic hydroxyl groups is 1. The smallest absolute Gasteiger partial charge is 0.178 e. The quantitative estimate of drug-likeness (QED) is 0.367. The number of hydrogen-bond acceptors (Lipinski definition) is 4. The Balaban J connectivity index is 1.79. The minimum absolute atomic E-state index is 0.103. The molecule has 6 nitrogen and oxygen atoms in total. The number of hydrogen-bond donors (Lipinski definition) is 5. The van der Waals surface area contributed by atoms with Crippen LogP contribution in [0.2, 0.25) is 0 Å². The summed E-state index contributed by atoms with van der Waals surface area (Å²) in [6.45, 7) is 1.11. The summed E-state index contributed by atoms with van der Waals surface area (Å²) in [5.74, 6) is 1.22. The molecule has 2 heterocycles. The van der Waals surface area contributed by atoms with Crippen LogP contribution in [0.25, 0.3) is 21.8 Å². The zero-order chi connectivity index (χ0) is 18.1. The Morgan fingerprint density at radius 1 is 0.885 bits per heavy atom. The topological polar surface area (TPSA) is 113 Å². The van der Waals surface area contributed by atoms with E-state index in [1.54, 1.807) is 6.07 Å². The average molecular weight is 350 g/mol. The Kier molecular flexibility index (Phi) is 4.28. The van der Waals surface area contributed by atoms with Crippen LogP contribution in [0.4, 0.5) is 0 Å². The van der Waals surface area contributed by atoms with Crippen LogP contribution in [0.3, 0.4) is 0 Å². The van der Waals surface area contributed by atoms with Crippen molar-refractivity contribution in [3.05, 3.63) is 53.9 Å². The van der Waals surface area contributed by atoms with Crippen LogP contribution >= 0.6 is 0 Å². The van der Waals surface area contributed by atoms with Crippen molar-refractivity contribution in [2.45, 2.75) is 12.8 Å². The van der Waals surface area contributed by atoms with E-state index in [1.165, 1.54) is 0 Å². The SMILES string of the molecule is NCCc1c[nH]c2ccc(Oc3c(O)ccc4[nH]cc(CCN)c34)cc12. The Hall–Kier alpha value is -2.96. The lowest BCUT2D eigenvalue weighted by Crippen LogP contribution is -2.02. The Bertz CT molecular complexity index is 1060. The van der Waals surface area contributed by atoms with Crippen molar-refractivity contribution in [1.82, 2.24) is 9.97 Å². The van der Waals surface area contributed by atoms with Gasteiger partial charge in [-0.15, -0.1) is 0 Å². The molecule has 0 atom stereocenters. The molecule has 0 radical (unpaired) electrons. The number of nitrogens with two attached hydrogens (primary N) is 2. The normalized spacial score (nSPS) is 11.5. The van der Waals surface area contributed by atoms with E-state index >= 15 is 0 Å². The van der Waals surface area contributed by atoms with Gasteiger partial charge in [-0.2, -0.15) is 0 Å². The van der Waals surface area contributed by atoms with E-state index in [4.69, 9.17) is 16.2 Å². The number of nitrogens with one attached hydrogen (secondary N) is 2. The first kappa shape index (κ1) is 16.5. The summed E-state index contributed by atoms with van der Waals surface area (Å²) in [4.78, 5) is 6.46. The molecular formula is C20H22N4O2. The van der Waals surface area contributed by atoms with Gasteiger partial charge in [-0.25, -0.2) is 0 Å². The minimum atomic E-state index is 0.103. The predicted octanol–water partition coefficient (Wildman–Crippen LogP) is 3.15. The lowest BCUT2D eigenvalue weighted by molar-refractivity contribution is 0.415. The third-order valence-corrected chi connectivity index (χ3v) is 4.65. The molecule has 4 rings (SSSR count). The van der Waals surface area contributed by atoms with Gasteiger partial charge >= 0.3 is 0 Å². The molecule has 7 N–H and O–H groups in total. The molecule has 0 aliphatic rings. The number of rotatable bonds is 6. The van der Waals surface area contributed by atoms with Crippen LogP contribution in [0.5, 0.6) is 17.2 Å². The highest BCUT2D eigenvalue weighted by Gasteiger charge is 2.15. The number of phenols is 1. The van der Waals surface area contributed by atoms with Crippen molar-refractivity contribution in [3.63, 3.8) is 0 Å². The van der Waals surface area contributed by atoms with Crippen molar-refractivity contribution in [3.8, 4) is 17.2 Å². The highest BCUT2D eigenvalue weighted by Crippen LogP contribution is 2.40. The molecule has 0 aliphatic carbocycles. The van der Waals surface area contributed by atoms with Crippen molar-refractivity contribution >= 4 is 21.8 Å². The van der Waals surface area contributed by atoms with E-state index in [0.717, 1.165) is 39.4 Å². The van der Waals surface area contributed by atoms with Gasteiger partial charge in [-0.05, 0) is 67.4 Å². The number of aromatic amines is 2. The maximum atomic E-state index is 10.4. The molecule has 2 aromatic carbocycles. The number of fused-ring (bicyclic) bond motifs is 2. The van der Waals surface area contributed by atoms with E-state index in [2.05, 4.69) is 9.97 Å². The number of phenolic OH excluding ortho intramolecular Hbond substituents is 1. The first-order valence-corrected chi connectivity index (χ1v) is 8.71. The maximum Gasteiger partial charge on any atom is 0.178 e. The van der Waals surface area contributed by atoms with E-state index in [-0.39, 0.29) is 5.75 Å². The monoisotopic (exact) mass is 350 g/mol. The van der Waals surface area contributed by atoms with Gasteiger partial charge in [0.1, 0.15) is 5.75 Å². The standard InChI is InChI=1S/C20H22N4O2/c21-7-5-12-10-23-16-2-1-14(9-15(12)16)26-20-18(25)4-3-17-19(20)13(6-8-22)11-24-17/h1-4,9-11,23-25H,5-8,21-22H2. The Morgan fingerprint density at radius 3 is 2.38 bits per heavy atom. The van der Waals surface area contributed by atoms with Gasteiger partial charge < -0.3 is 31.3 Å². The third-order valence-electron chi connectivity index (χ3n) is 4.65. The largest absolute Gasteiger partial charge is 0.504 e. The molecule has 0 saturated carbocycles. The highest BCUT2D eigenvalue weighted by atomic mass is 16.5.